The third-order valence-electron chi connectivity index (χ3n) is 4.55. The Morgan fingerprint density at radius 2 is 1.69 bits per heavy atom. The van der Waals surface area contributed by atoms with E-state index in [-0.39, 0.29) is 11.5 Å². The number of aliphatic hydroxyl groups is 1. The Morgan fingerprint density at radius 3 is 2.41 bits per heavy atom. The number of hydrogen-bond acceptors (Lipinski definition) is 6. The fourth-order valence-electron chi connectivity index (χ4n) is 2.96. The summed E-state index contributed by atoms with van der Waals surface area (Å²) in [7, 11) is 0. The van der Waals surface area contributed by atoms with Gasteiger partial charge < -0.3 is 5.11 Å². The second kappa shape index (κ2) is 9.80. The highest BCUT2D eigenvalue weighted by molar-refractivity contribution is 7.14. The van der Waals surface area contributed by atoms with Crippen LogP contribution in [-0.4, -0.2) is 16.0 Å². The van der Waals surface area contributed by atoms with Crippen molar-refractivity contribution < 1.29 is 9.90 Å². The molecule has 1 heterocycles. The molecular formula is C25H20N4O2S. The van der Waals surface area contributed by atoms with Crippen LogP contribution in [0, 0.1) is 6.92 Å². The highest BCUT2D eigenvalue weighted by Crippen LogP contribution is 2.26. The molecule has 0 fully saturated rings. The first kappa shape index (κ1) is 21.1. The van der Waals surface area contributed by atoms with E-state index in [1.807, 2.05) is 66.9 Å². The first-order chi connectivity index (χ1) is 15.6. The van der Waals surface area contributed by atoms with E-state index in [1.165, 1.54) is 11.3 Å². The van der Waals surface area contributed by atoms with Gasteiger partial charge in [0, 0.05) is 16.5 Å². The van der Waals surface area contributed by atoms with E-state index in [1.54, 1.807) is 30.3 Å². The minimum Gasteiger partial charge on any atom is -0.505 e. The van der Waals surface area contributed by atoms with Gasteiger partial charge in [0.15, 0.2) is 16.6 Å². The zero-order chi connectivity index (χ0) is 22.3. The van der Waals surface area contributed by atoms with Crippen LogP contribution in [0.1, 0.15) is 11.1 Å². The molecule has 0 atom stereocenters. The quantitative estimate of drug-likeness (QED) is 0.197. The van der Waals surface area contributed by atoms with Gasteiger partial charge in [-0.15, -0.1) is 16.5 Å². The van der Waals surface area contributed by atoms with Crippen molar-refractivity contribution in [2.24, 2.45) is 10.2 Å². The summed E-state index contributed by atoms with van der Waals surface area (Å²) in [5.41, 5.74) is 3.56. The van der Waals surface area contributed by atoms with Gasteiger partial charge in [0.05, 0.1) is 11.4 Å². The zero-order valence-electron chi connectivity index (χ0n) is 17.3. The van der Waals surface area contributed by atoms with E-state index in [9.17, 15) is 9.90 Å². The van der Waals surface area contributed by atoms with Crippen LogP contribution in [0.4, 0.5) is 10.8 Å². The third kappa shape index (κ3) is 5.14. The van der Waals surface area contributed by atoms with Gasteiger partial charge >= 0.3 is 0 Å². The molecule has 0 saturated heterocycles. The number of hydrogen-bond donors (Lipinski definition) is 2. The van der Waals surface area contributed by atoms with Crippen LogP contribution in [0.3, 0.4) is 0 Å². The Kier molecular flexibility index (Phi) is 6.48. The Hall–Kier alpha value is -4.10. The van der Waals surface area contributed by atoms with E-state index >= 15 is 0 Å². The van der Waals surface area contributed by atoms with Crippen molar-refractivity contribution in [2.45, 2.75) is 6.92 Å². The average Bonchev–Trinajstić information content (AvgIpc) is 3.29. The molecule has 0 aliphatic rings. The summed E-state index contributed by atoms with van der Waals surface area (Å²) in [6.07, 6.45) is 0. The SMILES string of the molecule is Cc1cccc(N=NC(C(=O)Nc2nc(-c3ccccc3)cs2)=C(O)c2ccccc2)c1. The smallest absolute Gasteiger partial charge is 0.281 e. The number of anilines is 1. The molecule has 1 amide bonds. The lowest BCUT2D eigenvalue weighted by Crippen LogP contribution is -2.14. The molecule has 1 aromatic heterocycles. The predicted molar refractivity (Wildman–Crippen MR) is 128 cm³/mol. The monoisotopic (exact) mass is 440 g/mol. The molecule has 0 aliphatic carbocycles. The molecule has 3 aromatic carbocycles. The number of aromatic nitrogens is 1. The minimum absolute atomic E-state index is 0.200. The van der Waals surface area contributed by atoms with Crippen molar-refractivity contribution in [3.8, 4) is 11.3 Å². The predicted octanol–water partition coefficient (Wildman–Crippen LogP) is 6.77. The topological polar surface area (TPSA) is 86.9 Å². The summed E-state index contributed by atoms with van der Waals surface area (Å²) < 4.78 is 0. The first-order valence-corrected chi connectivity index (χ1v) is 10.8. The summed E-state index contributed by atoms with van der Waals surface area (Å²) in [5, 5.41) is 24.0. The van der Waals surface area contributed by atoms with Gasteiger partial charge in [-0.2, -0.15) is 5.11 Å². The number of nitrogens with one attached hydrogen (secondary N) is 1. The largest absolute Gasteiger partial charge is 0.505 e. The van der Waals surface area contributed by atoms with Crippen LogP contribution in [0.2, 0.25) is 0 Å². The van der Waals surface area contributed by atoms with E-state index in [4.69, 9.17) is 0 Å². The molecule has 0 bridgehead atoms. The summed E-state index contributed by atoms with van der Waals surface area (Å²) >= 11 is 1.29. The Bertz CT molecular complexity index is 1280. The Balaban J connectivity index is 1.64. The van der Waals surface area contributed by atoms with Crippen LogP contribution in [-0.2, 0) is 4.79 Å². The molecule has 6 nitrogen and oxygen atoms in total. The maximum Gasteiger partial charge on any atom is 0.281 e. The lowest BCUT2D eigenvalue weighted by molar-refractivity contribution is -0.112. The number of benzene rings is 3. The highest BCUT2D eigenvalue weighted by atomic mass is 32.1. The molecule has 7 heteroatoms. The van der Waals surface area contributed by atoms with E-state index in [0.717, 1.165) is 16.8 Å². The van der Waals surface area contributed by atoms with Crippen LogP contribution < -0.4 is 5.32 Å². The van der Waals surface area contributed by atoms with Crippen molar-refractivity contribution in [1.29, 1.82) is 0 Å². The van der Waals surface area contributed by atoms with E-state index < -0.39 is 5.91 Å². The second-order valence-electron chi connectivity index (χ2n) is 6.96. The molecule has 0 spiro atoms. The number of aryl methyl sites for hydroxylation is 1. The molecular weight excluding hydrogens is 420 g/mol. The molecule has 4 aromatic rings. The van der Waals surface area contributed by atoms with E-state index in [0.29, 0.717) is 16.4 Å². The molecule has 158 valence electrons. The Morgan fingerprint density at radius 1 is 0.969 bits per heavy atom. The van der Waals surface area contributed by atoms with Crippen LogP contribution in [0.15, 0.2) is 106 Å². The van der Waals surface area contributed by atoms with Gasteiger partial charge in [-0.25, -0.2) is 4.98 Å². The number of azo groups is 1. The van der Waals surface area contributed by atoms with Gasteiger partial charge in [-0.05, 0) is 24.6 Å². The van der Waals surface area contributed by atoms with Crippen molar-refractivity contribution >= 4 is 33.8 Å². The maximum absolute atomic E-state index is 13.0. The molecule has 32 heavy (non-hydrogen) atoms. The fourth-order valence-corrected chi connectivity index (χ4v) is 3.67. The van der Waals surface area contributed by atoms with Crippen molar-refractivity contribution in [2.75, 3.05) is 5.32 Å². The number of aliphatic hydroxyl groups excluding tert-OH is 1. The lowest BCUT2D eigenvalue weighted by atomic mass is 10.1. The van der Waals surface area contributed by atoms with Gasteiger partial charge in [0.1, 0.15) is 0 Å². The molecule has 0 saturated carbocycles. The molecule has 0 radical (unpaired) electrons. The molecule has 2 N–H and O–H groups in total. The molecule has 4 rings (SSSR count). The standard InChI is InChI=1S/C25H20N4O2S/c1-17-9-8-14-20(15-17)28-29-22(23(30)19-12-6-3-7-13-19)24(31)27-25-26-21(16-32-25)18-10-4-2-5-11-18/h2-16,30H,1H3,(H,26,27,31). The van der Waals surface area contributed by atoms with Gasteiger partial charge in [0.25, 0.3) is 5.91 Å². The summed E-state index contributed by atoms with van der Waals surface area (Å²) in [4.78, 5) is 17.5. The van der Waals surface area contributed by atoms with E-state index in [2.05, 4.69) is 20.5 Å². The summed E-state index contributed by atoms with van der Waals surface area (Å²) in [6.45, 7) is 1.94. The number of rotatable bonds is 6. The maximum atomic E-state index is 13.0. The molecule has 0 unspecified atom stereocenters. The van der Waals surface area contributed by atoms with Crippen LogP contribution >= 0.6 is 11.3 Å². The van der Waals surface area contributed by atoms with Crippen LogP contribution in [0.5, 0.6) is 0 Å². The van der Waals surface area contributed by atoms with Crippen molar-refractivity contribution in [3.63, 3.8) is 0 Å². The lowest BCUT2D eigenvalue weighted by Gasteiger charge is -2.06. The van der Waals surface area contributed by atoms with Gasteiger partial charge in [-0.1, -0.05) is 72.8 Å². The third-order valence-corrected chi connectivity index (χ3v) is 5.31. The highest BCUT2D eigenvalue weighted by Gasteiger charge is 2.19. The summed E-state index contributed by atoms with van der Waals surface area (Å²) in [6, 6.07) is 25.8. The second-order valence-corrected chi connectivity index (χ2v) is 7.82. The van der Waals surface area contributed by atoms with Crippen molar-refractivity contribution in [3.05, 3.63) is 107 Å². The number of thiazole rings is 1. The van der Waals surface area contributed by atoms with Crippen molar-refractivity contribution in [1.82, 2.24) is 4.98 Å². The number of carbonyl (C=O) groups excluding carboxylic acids is 1. The number of carbonyl (C=O) groups is 1. The fraction of sp³-hybridized carbons (Fsp3) is 0.0400. The van der Waals surface area contributed by atoms with Gasteiger partial charge in [-0.3, -0.25) is 10.1 Å². The normalized spacial score (nSPS) is 11.9. The Labute approximate surface area is 189 Å². The number of nitrogens with zero attached hydrogens (tertiary/aromatic N) is 3. The first-order valence-electron chi connectivity index (χ1n) is 9.89. The minimum atomic E-state index is -0.600. The average molecular weight is 441 g/mol. The zero-order valence-corrected chi connectivity index (χ0v) is 18.1. The number of amides is 1. The van der Waals surface area contributed by atoms with Gasteiger partial charge in [0.2, 0.25) is 0 Å². The summed E-state index contributed by atoms with van der Waals surface area (Å²) in [5.74, 6) is -0.865. The molecule has 0 aliphatic heterocycles. The van der Waals surface area contributed by atoms with Crippen LogP contribution in [0.25, 0.3) is 17.0 Å².